The monoisotopic (exact) mass is 304 g/mol. The molecule has 0 bridgehead atoms. The van der Waals surface area contributed by atoms with Crippen molar-refractivity contribution in [3.8, 4) is 0 Å². The summed E-state index contributed by atoms with van der Waals surface area (Å²) >= 11 is 7.59. The Hall–Kier alpha value is -1.62. The summed E-state index contributed by atoms with van der Waals surface area (Å²) in [6.07, 6.45) is 0. The van der Waals surface area contributed by atoms with Crippen LogP contribution in [0.4, 0.5) is 10.8 Å². The van der Waals surface area contributed by atoms with E-state index in [1.165, 1.54) is 0 Å². The molecule has 0 aliphatic heterocycles. The smallest absolute Gasteiger partial charge is 0.188 e. The fourth-order valence-corrected chi connectivity index (χ4v) is 3.02. The summed E-state index contributed by atoms with van der Waals surface area (Å²) in [5, 5.41) is 4.91. The van der Waals surface area contributed by atoms with Crippen LogP contribution < -0.4 is 5.32 Å². The van der Waals surface area contributed by atoms with Gasteiger partial charge in [-0.05, 0) is 24.3 Å². The van der Waals surface area contributed by atoms with E-state index in [4.69, 9.17) is 16.3 Å². The van der Waals surface area contributed by atoms with E-state index >= 15 is 0 Å². The molecular weight excluding hydrogens is 292 g/mol. The normalized spacial score (nSPS) is 10.9. The van der Waals surface area contributed by atoms with Crippen molar-refractivity contribution in [3.63, 3.8) is 0 Å². The molecule has 3 nitrogen and oxygen atoms in total. The van der Waals surface area contributed by atoms with E-state index in [9.17, 15) is 0 Å². The van der Waals surface area contributed by atoms with Crippen molar-refractivity contribution < 1.29 is 4.74 Å². The molecule has 0 fully saturated rings. The van der Waals surface area contributed by atoms with Gasteiger partial charge in [-0.15, -0.1) is 0 Å². The van der Waals surface area contributed by atoms with Gasteiger partial charge in [0.1, 0.15) is 0 Å². The van der Waals surface area contributed by atoms with Gasteiger partial charge in [-0.3, -0.25) is 0 Å². The lowest BCUT2D eigenvalue weighted by molar-refractivity contribution is 0.185. The predicted molar refractivity (Wildman–Crippen MR) is 85.1 cm³/mol. The van der Waals surface area contributed by atoms with Gasteiger partial charge >= 0.3 is 0 Å². The number of hydrogen-bond acceptors (Lipinski definition) is 4. The highest BCUT2D eigenvalue weighted by molar-refractivity contribution is 7.22. The molecule has 0 radical (unpaired) electrons. The summed E-state index contributed by atoms with van der Waals surface area (Å²) in [7, 11) is 1.69. The summed E-state index contributed by atoms with van der Waals surface area (Å²) in [5.41, 5.74) is 3.03. The third kappa shape index (κ3) is 2.77. The molecule has 0 saturated carbocycles. The number of nitrogens with one attached hydrogen (secondary N) is 1. The van der Waals surface area contributed by atoms with Crippen molar-refractivity contribution in [2.45, 2.75) is 6.61 Å². The van der Waals surface area contributed by atoms with Crippen LogP contribution in [0.15, 0.2) is 42.5 Å². The molecule has 102 valence electrons. The third-order valence-electron chi connectivity index (χ3n) is 2.91. The number of thiazole rings is 1. The number of ether oxygens (including phenoxy) is 1. The van der Waals surface area contributed by atoms with Crippen LogP contribution in [0.1, 0.15) is 5.56 Å². The first-order valence-electron chi connectivity index (χ1n) is 6.16. The SMILES string of the molecule is COCc1ccccc1Nc1nc2cc(Cl)ccc2s1. The zero-order valence-corrected chi connectivity index (χ0v) is 12.5. The molecule has 0 amide bonds. The van der Waals surface area contributed by atoms with E-state index in [1.54, 1.807) is 18.4 Å². The minimum Gasteiger partial charge on any atom is -0.380 e. The summed E-state index contributed by atoms with van der Waals surface area (Å²) in [6.45, 7) is 0.569. The number of hydrogen-bond donors (Lipinski definition) is 1. The molecule has 20 heavy (non-hydrogen) atoms. The number of nitrogens with zero attached hydrogens (tertiary/aromatic N) is 1. The Morgan fingerprint density at radius 1 is 1.25 bits per heavy atom. The Morgan fingerprint density at radius 2 is 2.10 bits per heavy atom. The number of fused-ring (bicyclic) bond motifs is 1. The molecule has 5 heteroatoms. The van der Waals surface area contributed by atoms with Gasteiger partial charge in [0.25, 0.3) is 0 Å². The Morgan fingerprint density at radius 3 is 2.95 bits per heavy atom. The van der Waals surface area contributed by atoms with Crippen molar-refractivity contribution in [2.75, 3.05) is 12.4 Å². The van der Waals surface area contributed by atoms with Crippen LogP contribution in [0.5, 0.6) is 0 Å². The van der Waals surface area contributed by atoms with E-state index in [2.05, 4.69) is 10.3 Å². The van der Waals surface area contributed by atoms with Crippen molar-refractivity contribution in [1.29, 1.82) is 0 Å². The van der Waals surface area contributed by atoms with Gasteiger partial charge in [0.05, 0.1) is 16.8 Å². The van der Waals surface area contributed by atoms with Gasteiger partial charge in [-0.2, -0.15) is 0 Å². The second-order valence-corrected chi connectivity index (χ2v) is 5.81. The highest BCUT2D eigenvalue weighted by atomic mass is 35.5. The Labute approximate surface area is 126 Å². The molecule has 1 N–H and O–H groups in total. The van der Waals surface area contributed by atoms with Gasteiger partial charge in [0.2, 0.25) is 0 Å². The fourth-order valence-electron chi connectivity index (χ4n) is 1.99. The van der Waals surface area contributed by atoms with Crippen LogP contribution in [0, 0.1) is 0 Å². The lowest BCUT2D eigenvalue weighted by Crippen LogP contribution is -1.96. The van der Waals surface area contributed by atoms with Crippen molar-refractivity contribution >= 4 is 44.0 Å². The van der Waals surface area contributed by atoms with E-state index in [0.717, 1.165) is 26.6 Å². The first-order chi connectivity index (χ1) is 9.76. The molecule has 0 atom stereocenters. The molecular formula is C15H13ClN2OS. The number of methoxy groups -OCH3 is 1. The van der Waals surface area contributed by atoms with E-state index < -0.39 is 0 Å². The highest BCUT2D eigenvalue weighted by Gasteiger charge is 2.07. The quantitative estimate of drug-likeness (QED) is 0.749. The summed E-state index contributed by atoms with van der Waals surface area (Å²) in [4.78, 5) is 4.55. The Kier molecular flexibility index (Phi) is 3.87. The summed E-state index contributed by atoms with van der Waals surface area (Å²) in [5.74, 6) is 0. The Bertz CT molecular complexity index is 742. The van der Waals surface area contributed by atoms with Crippen LogP contribution in [-0.4, -0.2) is 12.1 Å². The standard InChI is InChI=1S/C15H13ClN2OS/c1-19-9-10-4-2-3-5-12(10)17-15-18-13-8-11(16)6-7-14(13)20-15/h2-8H,9H2,1H3,(H,17,18). The largest absolute Gasteiger partial charge is 0.380 e. The van der Waals surface area contributed by atoms with E-state index in [-0.39, 0.29) is 0 Å². The van der Waals surface area contributed by atoms with E-state index in [1.807, 2.05) is 42.5 Å². The van der Waals surface area contributed by atoms with Gasteiger partial charge in [0, 0.05) is 23.4 Å². The van der Waals surface area contributed by atoms with Gasteiger partial charge in [-0.1, -0.05) is 41.1 Å². The van der Waals surface area contributed by atoms with Crippen LogP contribution in [0.2, 0.25) is 5.02 Å². The zero-order chi connectivity index (χ0) is 13.9. The number of benzene rings is 2. The first kappa shape index (κ1) is 13.4. The second kappa shape index (κ2) is 5.79. The number of para-hydroxylation sites is 1. The van der Waals surface area contributed by atoms with Crippen LogP contribution in [-0.2, 0) is 11.3 Å². The molecule has 0 saturated heterocycles. The van der Waals surface area contributed by atoms with Crippen molar-refractivity contribution in [1.82, 2.24) is 4.98 Å². The Balaban J connectivity index is 1.93. The topological polar surface area (TPSA) is 34.1 Å². The minimum atomic E-state index is 0.569. The lowest BCUT2D eigenvalue weighted by atomic mass is 10.2. The number of anilines is 2. The summed E-state index contributed by atoms with van der Waals surface area (Å²) < 4.78 is 6.32. The second-order valence-electron chi connectivity index (χ2n) is 4.35. The molecule has 0 aliphatic carbocycles. The molecule has 0 aliphatic rings. The van der Waals surface area contributed by atoms with Crippen molar-refractivity contribution in [2.24, 2.45) is 0 Å². The molecule has 0 unspecified atom stereocenters. The van der Waals surface area contributed by atoms with Gasteiger partial charge in [-0.25, -0.2) is 4.98 Å². The average molecular weight is 305 g/mol. The fraction of sp³-hybridized carbons (Fsp3) is 0.133. The van der Waals surface area contributed by atoms with E-state index in [0.29, 0.717) is 11.6 Å². The number of halogens is 1. The van der Waals surface area contributed by atoms with Crippen LogP contribution in [0.25, 0.3) is 10.2 Å². The third-order valence-corrected chi connectivity index (χ3v) is 4.10. The minimum absolute atomic E-state index is 0.569. The molecule has 2 aromatic carbocycles. The maximum atomic E-state index is 5.98. The highest BCUT2D eigenvalue weighted by Crippen LogP contribution is 2.31. The van der Waals surface area contributed by atoms with Crippen molar-refractivity contribution in [3.05, 3.63) is 53.1 Å². The molecule has 1 aromatic heterocycles. The first-order valence-corrected chi connectivity index (χ1v) is 7.35. The van der Waals surface area contributed by atoms with Gasteiger partial charge < -0.3 is 10.1 Å². The molecule has 1 heterocycles. The maximum Gasteiger partial charge on any atom is 0.188 e. The van der Waals surface area contributed by atoms with Crippen LogP contribution in [0.3, 0.4) is 0 Å². The average Bonchev–Trinajstić information content (AvgIpc) is 2.82. The zero-order valence-electron chi connectivity index (χ0n) is 10.9. The maximum absolute atomic E-state index is 5.98. The van der Waals surface area contributed by atoms with Gasteiger partial charge in [0.15, 0.2) is 5.13 Å². The molecule has 3 rings (SSSR count). The predicted octanol–water partition coefficient (Wildman–Crippen LogP) is 4.84. The lowest BCUT2D eigenvalue weighted by Gasteiger charge is -2.08. The van der Waals surface area contributed by atoms with Crippen LogP contribution >= 0.6 is 22.9 Å². The molecule has 0 spiro atoms. The molecule has 3 aromatic rings. The number of rotatable bonds is 4. The summed E-state index contributed by atoms with van der Waals surface area (Å²) in [6, 6.07) is 13.8. The number of aromatic nitrogens is 1.